The highest BCUT2D eigenvalue weighted by atomic mass is 32.2. The molecule has 0 aromatic rings. The molecule has 178 valence electrons. The first-order chi connectivity index (χ1) is 15.2. The molecule has 0 heterocycles. The lowest BCUT2D eigenvalue weighted by molar-refractivity contribution is 0.0826. The van der Waals surface area contributed by atoms with E-state index in [2.05, 4.69) is 37.8 Å². The Morgan fingerprint density at radius 1 is 1.25 bits per heavy atom. The summed E-state index contributed by atoms with van der Waals surface area (Å²) in [6.07, 6.45) is 17.0. The summed E-state index contributed by atoms with van der Waals surface area (Å²) < 4.78 is 0. The largest absolute Gasteiger partial charge is 0.393 e. The van der Waals surface area contributed by atoms with Gasteiger partial charge in [0.2, 0.25) is 0 Å². The van der Waals surface area contributed by atoms with Gasteiger partial charge < -0.3 is 15.3 Å². The van der Waals surface area contributed by atoms with Crippen LogP contribution in [0.4, 0.5) is 0 Å². The molecule has 4 heteroatoms. The monoisotopic (exact) mass is 458 g/mol. The third-order valence-electron chi connectivity index (χ3n) is 8.10. The summed E-state index contributed by atoms with van der Waals surface area (Å²) in [5, 5.41) is 30.6. The predicted molar refractivity (Wildman–Crippen MR) is 137 cm³/mol. The van der Waals surface area contributed by atoms with Gasteiger partial charge in [-0.2, -0.15) is 11.8 Å². The van der Waals surface area contributed by atoms with Crippen molar-refractivity contribution < 1.29 is 15.3 Å². The average Bonchev–Trinajstić information content (AvgIpc) is 3.11. The van der Waals surface area contributed by atoms with Crippen LogP contribution in [-0.4, -0.2) is 44.6 Å². The van der Waals surface area contributed by atoms with Crippen LogP contribution in [-0.2, 0) is 0 Å². The molecule has 0 radical (unpaired) electrons. The molecule has 3 N–H and O–H groups in total. The van der Waals surface area contributed by atoms with Gasteiger partial charge in [-0.25, -0.2) is 0 Å². The summed E-state index contributed by atoms with van der Waals surface area (Å²) in [5.41, 5.74) is 4.41. The molecule has 3 aliphatic carbocycles. The fourth-order valence-electron chi connectivity index (χ4n) is 5.58. The Labute approximate surface area is 199 Å². The van der Waals surface area contributed by atoms with Crippen LogP contribution in [0.3, 0.4) is 0 Å². The molecule has 32 heavy (non-hydrogen) atoms. The number of hydrogen-bond acceptors (Lipinski definition) is 4. The zero-order chi connectivity index (χ0) is 23.4. The van der Waals surface area contributed by atoms with Gasteiger partial charge in [0.15, 0.2) is 0 Å². The van der Waals surface area contributed by atoms with E-state index in [1.807, 2.05) is 31.7 Å². The van der Waals surface area contributed by atoms with Gasteiger partial charge >= 0.3 is 0 Å². The third kappa shape index (κ3) is 5.70. The van der Waals surface area contributed by atoms with Gasteiger partial charge in [-0.1, -0.05) is 68.9 Å². The molecule has 3 rings (SSSR count). The van der Waals surface area contributed by atoms with E-state index in [1.165, 1.54) is 18.4 Å². The van der Waals surface area contributed by atoms with Crippen LogP contribution in [0.1, 0.15) is 72.1 Å². The van der Waals surface area contributed by atoms with Gasteiger partial charge in [-0.15, -0.1) is 0 Å². The number of aliphatic hydroxyl groups excluding tert-OH is 2. The lowest BCUT2D eigenvalue weighted by Gasteiger charge is -2.41. The fraction of sp³-hybridized carbons (Fsp3) is 0.643. The Morgan fingerprint density at radius 2 is 2.00 bits per heavy atom. The summed E-state index contributed by atoms with van der Waals surface area (Å²) in [6, 6.07) is 0. The second-order valence-electron chi connectivity index (χ2n) is 10.1. The molecule has 0 aliphatic heterocycles. The van der Waals surface area contributed by atoms with E-state index in [1.54, 1.807) is 5.57 Å². The average molecular weight is 459 g/mol. The molecule has 0 bridgehead atoms. The third-order valence-corrected chi connectivity index (χ3v) is 9.04. The van der Waals surface area contributed by atoms with Crippen molar-refractivity contribution in [1.82, 2.24) is 0 Å². The summed E-state index contributed by atoms with van der Waals surface area (Å²) in [5.74, 6) is 2.54. The molecule has 0 amide bonds. The van der Waals surface area contributed by atoms with Gasteiger partial charge in [0, 0.05) is 17.9 Å². The second kappa shape index (κ2) is 10.9. The standard InChI is InChI=1S/C28H42O3S/c1-5-28(31,6-2)15-8-16-32-19-23-12-13-25-21(9-7-14-27(23,25)4)10-11-22-17-24(29)18-26(30)20(22)3/h8,10-12,15,24-26,29-31H,3,5-7,9,13-14,16-19H2,1-2,4H3/b15-8+,21-10?,22-11?/t24-,25+,26+,27-/m1/s1. The minimum Gasteiger partial charge on any atom is -0.393 e. The lowest BCUT2D eigenvalue weighted by atomic mass is 9.64. The van der Waals surface area contributed by atoms with Gasteiger partial charge in [0.25, 0.3) is 0 Å². The normalized spacial score (nSPS) is 33.9. The van der Waals surface area contributed by atoms with Crippen LogP contribution in [0, 0.1) is 11.3 Å². The van der Waals surface area contributed by atoms with E-state index in [0.717, 1.165) is 48.3 Å². The second-order valence-corrected chi connectivity index (χ2v) is 11.1. The lowest BCUT2D eigenvalue weighted by Crippen LogP contribution is -2.31. The molecule has 2 saturated carbocycles. The van der Waals surface area contributed by atoms with Crippen molar-refractivity contribution in [1.29, 1.82) is 0 Å². The molecule has 0 unspecified atom stereocenters. The molecule has 0 spiro atoms. The Bertz CT molecular complexity index is 801. The molecule has 3 aliphatic rings. The maximum absolute atomic E-state index is 10.4. The topological polar surface area (TPSA) is 60.7 Å². The highest BCUT2D eigenvalue weighted by Crippen LogP contribution is 2.55. The first-order valence-electron chi connectivity index (χ1n) is 12.3. The molecule has 4 atom stereocenters. The Morgan fingerprint density at radius 3 is 2.72 bits per heavy atom. The van der Waals surface area contributed by atoms with Crippen molar-refractivity contribution in [3.05, 3.63) is 59.3 Å². The van der Waals surface area contributed by atoms with E-state index in [0.29, 0.717) is 18.8 Å². The zero-order valence-electron chi connectivity index (χ0n) is 20.1. The highest BCUT2D eigenvalue weighted by molar-refractivity contribution is 7.99. The van der Waals surface area contributed by atoms with Gasteiger partial charge in [0.05, 0.1) is 17.8 Å². The van der Waals surface area contributed by atoms with Crippen molar-refractivity contribution >= 4 is 11.8 Å². The smallest absolute Gasteiger partial charge is 0.0822 e. The summed E-state index contributed by atoms with van der Waals surface area (Å²) >= 11 is 1.94. The number of thioether (sulfide) groups is 1. The zero-order valence-corrected chi connectivity index (χ0v) is 21.0. The first-order valence-corrected chi connectivity index (χ1v) is 13.5. The van der Waals surface area contributed by atoms with Crippen LogP contribution in [0.5, 0.6) is 0 Å². The van der Waals surface area contributed by atoms with Crippen molar-refractivity contribution in [3.63, 3.8) is 0 Å². The molecule has 0 aromatic carbocycles. The number of rotatable bonds is 8. The minimum absolute atomic E-state index is 0.232. The van der Waals surface area contributed by atoms with E-state index < -0.39 is 17.8 Å². The molecule has 3 nitrogen and oxygen atoms in total. The van der Waals surface area contributed by atoms with Gasteiger partial charge in [0.1, 0.15) is 0 Å². The van der Waals surface area contributed by atoms with Crippen molar-refractivity contribution in [2.75, 3.05) is 11.5 Å². The molecule has 0 aromatic heterocycles. The van der Waals surface area contributed by atoms with Crippen molar-refractivity contribution in [2.24, 2.45) is 11.3 Å². The highest BCUT2D eigenvalue weighted by Gasteiger charge is 2.44. The van der Waals surface area contributed by atoms with E-state index in [-0.39, 0.29) is 5.41 Å². The predicted octanol–water partition coefficient (Wildman–Crippen LogP) is 5.89. The Balaban J connectivity index is 1.62. The number of aliphatic hydroxyl groups is 3. The quantitative estimate of drug-likeness (QED) is 0.314. The van der Waals surface area contributed by atoms with E-state index >= 15 is 0 Å². The minimum atomic E-state index is -0.655. The Kier molecular flexibility index (Phi) is 8.71. The van der Waals surface area contributed by atoms with Crippen LogP contribution in [0.2, 0.25) is 0 Å². The molecular weight excluding hydrogens is 416 g/mol. The van der Waals surface area contributed by atoms with Gasteiger partial charge in [-0.3, -0.25) is 0 Å². The number of hydrogen-bond donors (Lipinski definition) is 3. The molecule has 2 fully saturated rings. The number of allylic oxidation sites excluding steroid dienone is 4. The first kappa shape index (κ1) is 25.6. The maximum atomic E-state index is 10.4. The summed E-state index contributed by atoms with van der Waals surface area (Å²) in [4.78, 5) is 0. The SMILES string of the molecule is C=C1C(=CC=C2CCC[C@]3(C)C(CSC/C=C/C(O)(CC)CC)=CC[C@@H]23)C[C@@H](O)C[C@@H]1O. The summed E-state index contributed by atoms with van der Waals surface area (Å²) in [6.45, 7) is 10.5. The van der Waals surface area contributed by atoms with Crippen LogP contribution >= 0.6 is 11.8 Å². The fourth-order valence-corrected chi connectivity index (χ4v) is 6.60. The van der Waals surface area contributed by atoms with Crippen LogP contribution < -0.4 is 0 Å². The Hall–Kier alpha value is -1.07. The van der Waals surface area contributed by atoms with Crippen molar-refractivity contribution in [2.45, 2.75) is 89.9 Å². The van der Waals surface area contributed by atoms with E-state index in [9.17, 15) is 15.3 Å². The number of fused-ring (bicyclic) bond motifs is 1. The summed E-state index contributed by atoms with van der Waals surface area (Å²) in [7, 11) is 0. The maximum Gasteiger partial charge on any atom is 0.0822 e. The van der Waals surface area contributed by atoms with Crippen LogP contribution in [0.15, 0.2) is 59.3 Å². The molecular formula is C28H42O3S. The van der Waals surface area contributed by atoms with Gasteiger partial charge in [-0.05, 0) is 67.4 Å². The molecule has 0 saturated heterocycles. The van der Waals surface area contributed by atoms with E-state index in [4.69, 9.17) is 0 Å². The van der Waals surface area contributed by atoms with Crippen LogP contribution in [0.25, 0.3) is 0 Å². The van der Waals surface area contributed by atoms with Crippen molar-refractivity contribution in [3.8, 4) is 0 Å².